The third-order valence-electron chi connectivity index (χ3n) is 2.28. The van der Waals surface area contributed by atoms with Crippen LogP contribution >= 0.6 is 0 Å². The summed E-state index contributed by atoms with van der Waals surface area (Å²) < 4.78 is 9.97. The van der Waals surface area contributed by atoms with Crippen LogP contribution < -0.4 is 5.32 Å². The van der Waals surface area contributed by atoms with E-state index >= 15 is 0 Å². The Bertz CT molecular complexity index is 319. The molecule has 0 bridgehead atoms. The van der Waals surface area contributed by atoms with E-state index in [1.54, 1.807) is 6.07 Å². The second-order valence-electron chi connectivity index (χ2n) is 3.32. The highest BCUT2D eigenvalue weighted by molar-refractivity contribution is 5.86. The number of hydrogen-bond acceptors (Lipinski definition) is 4. The molecule has 1 heterocycles. The van der Waals surface area contributed by atoms with Crippen molar-refractivity contribution in [1.29, 1.82) is 0 Å². The maximum Gasteiger partial charge on any atom is 0.373 e. The summed E-state index contributed by atoms with van der Waals surface area (Å²) in [4.78, 5) is 11.2. The first-order valence-corrected chi connectivity index (χ1v) is 5.08. The Morgan fingerprint density at radius 1 is 1.60 bits per heavy atom. The first-order chi connectivity index (χ1) is 7.22. The van der Waals surface area contributed by atoms with Gasteiger partial charge < -0.3 is 14.5 Å². The van der Waals surface area contributed by atoms with Gasteiger partial charge in [-0.15, -0.1) is 0 Å². The van der Waals surface area contributed by atoms with Gasteiger partial charge >= 0.3 is 5.97 Å². The molecule has 1 aromatic heterocycles. The maximum atomic E-state index is 11.2. The molecule has 4 heteroatoms. The van der Waals surface area contributed by atoms with Crippen molar-refractivity contribution in [3.05, 3.63) is 23.7 Å². The lowest BCUT2D eigenvalue weighted by molar-refractivity contribution is 0.0562. The zero-order chi connectivity index (χ0) is 11.3. The van der Waals surface area contributed by atoms with Gasteiger partial charge in [-0.3, -0.25) is 0 Å². The molecule has 84 valence electrons. The van der Waals surface area contributed by atoms with Crippen molar-refractivity contribution < 1.29 is 13.9 Å². The smallest absolute Gasteiger partial charge is 0.373 e. The number of ether oxygens (including phenoxy) is 1. The zero-order valence-corrected chi connectivity index (χ0v) is 9.37. The fraction of sp³-hybridized carbons (Fsp3) is 0.545. The van der Waals surface area contributed by atoms with Gasteiger partial charge in [-0.25, -0.2) is 4.79 Å². The summed E-state index contributed by atoms with van der Waals surface area (Å²) in [6, 6.07) is 3.61. The van der Waals surface area contributed by atoms with E-state index in [0.717, 1.165) is 18.6 Å². The second kappa shape index (κ2) is 5.56. The molecule has 1 N–H and O–H groups in total. The second-order valence-corrected chi connectivity index (χ2v) is 3.32. The highest BCUT2D eigenvalue weighted by Gasteiger charge is 2.16. The highest BCUT2D eigenvalue weighted by atomic mass is 16.5. The van der Waals surface area contributed by atoms with Gasteiger partial charge in [0.25, 0.3) is 0 Å². The van der Waals surface area contributed by atoms with Crippen LogP contribution in [0.3, 0.4) is 0 Å². The standard InChI is InChI=1S/C11H17NO3/c1-4-5-8(12-2)9-6-7-10(15-9)11(13)14-3/h6-8,12H,4-5H2,1-3H3. The molecule has 0 spiro atoms. The monoisotopic (exact) mass is 211 g/mol. The number of nitrogens with one attached hydrogen (secondary N) is 1. The summed E-state index contributed by atoms with van der Waals surface area (Å²) in [6.45, 7) is 2.11. The molecular formula is C11H17NO3. The molecule has 1 atom stereocenters. The third kappa shape index (κ3) is 2.83. The average molecular weight is 211 g/mol. The number of carbonyl (C=O) groups excluding carboxylic acids is 1. The molecule has 15 heavy (non-hydrogen) atoms. The van der Waals surface area contributed by atoms with Crippen molar-refractivity contribution in [2.45, 2.75) is 25.8 Å². The van der Waals surface area contributed by atoms with Crippen LogP contribution in [0.5, 0.6) is 0 Å². The van der Waals surface area contributed by atoms with Gasteiger partial charge in [0.05, 0.1) is 13.2 Å². The van der Waals surface area contributed by atoms with E-state index in [9.17, 15) is 4.79 Å². The average Bonchev–Trinajstić information content (AvgIpc) is 2.73. The fourth-order valence-corrected chi connectivity index (χ4v) is 1.47. The van der Waals surface area contributed by atoms with E-state index in [4.69, 9.17) is 4.42 Å². The summed E-state index contributed by atoms with van der Waals surface area (Å²) in [6.07, 6.45) is 2.03. The van der Waals surface area contributed by atoms with Crippen LogP contribution in [0.2, 0.25) is 0 Å². The molecule has 0 aliphatic rings. The maximum absolute atomic E-state index is 11.2. The lowest BCUT2D eigenvalue weighted by Crippen LogP contribution is -2.15. The number of carbonyl (C=O) groups is 1. The predicted octanol–water partition coefficient (Wildman–Crippen LogP) is 2.13. The molecule has 0 aliphatic heterocycles. The molecule has 0 amide bonds. The Kier molecular flexibility index (Phi) is 4.37. The molecule has 0 aromatic carbocycles. The predicted molar refractivity (Wildman–Crippen MR) is 56.8 cm³/mol. The van der Waals surface area contributed by atoms with Crippen LogP contribution in [0.1, 0.15) is 42.1 Å². The van der Waals surface area contributed by atoms with Gasteiger partial charge in [-0.2, -0.15) is 0 Å². The number of esters is 1. The first kappa shape index (κ1) is 11.8. The van der Waals surface area contributed by atoms with Gasteiger partial charge in [0, 0.05) is 0 Å². The van der Waals surface area contributed by atoms with E-state index in [1.165, 1.54) is 7.11 Å². The minimum atomic E-state index is -0.437. The van der Waals surface area contributed by atoms with Crippen LogP contribution in [0, 0.1) is 0 Å². The molecular weight excluding hydrogens is 194 g/mol. The molecule has 1 rings (SSSR count). The Balaban J connectivity index is 2.77. The van der Waals surface area contributed by atoms with E-state index in [0.29, 0.717) is 0 Å². The Morgan fingerprint density at radius 2 is 2.33 bits per heavy atom. The highest BCUT2D eigenvalue weighted by Crippen LogP contribution is 2.20. The molecule has 1 aromatic rings. The topological polar surface area (TPSA) is 51.5 Å². The van der Waals surface area contributed by atoms with E-state index in [2.05, 4.69) is 17.0 Å². The number of methoxy groups -OCH3 is 1. The summed E-state index contributed by atoms with van der Waals surface area (Å²) in [5, 5.41) is 3.14. The van der Waals surface area contributed by atoms with Gasteiger partial charge in [-0.05, 0) is 25.6 Å². The molecule has 0 saturated heterocycles. The van der Waals surface area contributed by atoms with Crippen molar-refractivity contribution in [2.75, 3.05) is 14.2 Å². The van der Waals surface area contributed by atoms with Crippen LogP contribution in [-0.2, 0) is 4.74 Å². The molecule has 0 saturated carbocycles. The first-order valence-electron chi connectivity index (χ1n) is 5.08. The molecule has 4 nitrogen and oxygen atoms in total. The van der Waals surface area contributed by atoms with Gasteiger partial charge in [0.1, 0.15) is 5.76 Å². The summed E-state index contributed by atoms with van der Waals surface area (Å²) in [5.41, 5.74) is 0. The van der Waals surface area contributed by atoms with E-state index in [1.807, 2.05) is 13.1 Å². The van der Waals surface area contributed by atoms with Crippen molar-refractivity contribution in [1.82, 2.24) is 5.32 Å². The lowest BCUT2D eigenvalue weighted by Gasteiger charge is -2.11. The minimum absolute atomic E-state index is 0.161. The fourth-order valence-electron chi connectivity index (χ4n) is 1.47. The number of hydrogen-bond donors (Lipinski definition) is 1. The quantitative estimate of drug-likeness (QED) is 0.758. The van der Waals surface area contributed by atoms with E-state index in [-0.39, 0.29) is 11.8 Å². The van der Waals surface area contributed by atoms with Crippen LogP contribution in [-0.4, -0.2) is 20.1 Å². The van der Waals surface area contributed by atoms with Crippen molar-refractivity contribution in [2.24, 2.45) is 0 Å². The third-order valence-corrected chi connectivity index (χ3v) is 2.28. The molecule has 0 radical (unpaired) electrons. The minimum Gasteiger partial charge on any atom is -0.463 e. The number of rotatable bonds is 5. The SMILES string of the molecule is CCCC(NC)c1ccc(C(=O)OC)o1. The summed E-state index contributed by atoms with van der Waals surface area (Å²) in [5.74, 6) is 0.594. The van der Waals surface area contributed by atoms with Gasteiger partial charge in [0.15, 0.2) is 0 Å². The molecule has 1 unspecified atom stereocenters. The summed E-state index contributed by atoms with van der Waals surface area (Å²) in [7, 11) is 3.22. The Hall–Kier alpha value is -1.29. The summed E-state index contributed by atoms with van der Waals surface area (Å²) >= 11 is 0. The van der Waals surface area contributed by atoms with Crippen molar-refractivity contribution in [3.63, 3.8) is 0 Å². The molecule has 0 fully saturated rings. The van der Waals surface area contributed by atoms with Crippen LogP contribution in [0.4, 0.5) is 0 Å². The van der Waals surface area contributed by atoms with Crippen LogP contribution in [0.25, 0.3) is 0 Å². The van der Waals surface area contributed by atoms with Crippen molar-refractivity contribution in [3.8, 4) is 0 Å². The van der Waals surface area contributed by atoms with E-state index < -0.39 is 5.97 Å². The molecule has 0 aliphatic carbocycles. The number of furan rings is 1. The Morgan fingerprint density at radius 3 is 2.87 bits per heavy atom. The Labute approximate surface area is 89.6 Å². The van der Waals surface area contributed by atoms with Crippen LogP contribution in [0.15, 0.2) is 16.5 Å². The lowest BCUT2D eigenvalue weighted by atomic mass is 10.1. The van der Waals surface area contributed by atoms with Gasteiger partial charge in [0.2, 0.25) is 5.76 Å². The normalized spacial score (nSPS) is 12.5. The van der Waals surface area contributed by atoms with Gasteiger partial charge in [-0.1, -0.05) is 13.3 Å². The van der Waals surface area contributed by atoms with Crippen molar-refractivity contribution >= 4 is 5.97 Å². The zero-order valence-electron chi connectivity index (χ0n) is 9.37. The largest absolute Gasteiger partial charge is 0.463 e.